The van der Waals surface area contributed by atoms with Gasteiger partial charge in [0, 0.05) is 28.1 Å². The lowest BCUT2D eigenvalue weighted by molar-refractivity contribution is 1.01. The summed E-state index contributed by atoms with van der Waals surface area (Å²) >= 11 is 3.47. The van der Waals surface area contributed by atoms with Gasteiger partial charge in [0.15, 0.2) is 0 Å². The van der Waals surface area contributed by atoms with Gasteiger partial charge in [-0.05, 0) is 49.7 Å². The zero-order valence-electron chi connectivity index (χ0n) is 13.5. The smallest absolute Gasteiger partial charge is 0.229 e. The van der Waals surface area contributed by atoms with Crippen molar-refractivity contribution in [1.82, 2.24) is 15.0 Å². The Bertz CT molecular complexity index is 836. The van der Waals surface area contributed by atoms with Crippen molar-refractivity contribution in [3.63, 3.8) is 0 Å². The van der Waals surface area contributed by atoms with Gasteiger partial charge in [-0.3, -0.25) is 4.98 Å². The minimum atomic E-state index is 0.573. The third-order valence-corrected chi connectivity index (χ3v) is 3.96. The summed E-state index contributed by atoms with van der Waals surface area (Å²) in [6.45, 7) is 4.62. The van der Waals surface area contributed by atoms with Gasteiger partial charge in [0.2, 0.25) is 5.95 Å². The molecule has 0 aliphatic carbocycles. The minimum Gasteiger partial charge on any atom is -0.364 e. The molecule has 0 atom stereocenters. The van der Waals surface area contributed by atoms with Crippen molar-refractivity contribution >= 4 is 33.4 Å². The van der Waals surface area contributed by atoms with Crippen molar-refractivity contribution in [2.75, 3.05) is 10.6 Å². The predicted octanol–water partition coefficient (Wildman–Crippen LogP) is 4.61. The van der Waals surface area contributed by atoms with Crippen molar-refractivity contribution in [1.29, 1.82) is 0 Å². The molecule has 0 aliphatic heterocycles. The Kier molecular flexibility index (Phi) is 5.05. The van der Waals surface area contributed by atoms with Gasteiger partial charge >= 0.3 is 0 Å². The van der Waals surface area contributed by atoms with E-state index in [2.05, 4.69) is 47.6 Å². The summed E-state index contributed by atoms with van der Waals surface area (Å²) in [5.74, 6) is 1.34. The molecule has 2 N–H and O–H groups in total. The van der Waals surface area contributed by atoms with E-state index in [0.29, 0.717) is 12.5 Å². The molecule has 0 saturated heterocycles. The molecule has 0 fully saturated rings. The second kappa shape index (κ2) is 7.40. The summed E-state index contributed by atoms with van der Waals surface area (Å²) in [6, 6.07) is 13.8. The molecular formula is C18H18BrN5. The van der Waals surface area contributed by atoms with Crippen LogP contribution in [0.15, 0.2) is 53.1 Å². The van der Waals surface area contributed by atoms with Crippen LogP contribution in [0.2, 0.25) is 0 Å². The average molecular weight is 384 g/mol. The minimum absolute atomic E-state index is 0.573. The van der Waals surface area contributed by atoms with Gasteiger partial charge in [-0.15, -0.1) is 0 Å². The first kappa shape index (κ1) is 16.4. The van der Waals surface area contributed by atoms with Crippen LogP contribution in [0, 0.1) is 13.8 Å². The summed E-state index contributed by atoms with van der Waals surface area (Å²) in [6.07, 6.45) is 1.78. The van der Waals surface area contributed by atoms with Crippen molar-refractivity contribution in [3.05, 3.63) is 70.1 Å². The van der Waals surface area contributed by atoms with Crippen molar-refractivity contribution < 1.29 is 0 Å². The largest absolute Gasteiger partial charge is 0.364 e. The summed E-state index contributed by atoms with van der Waals surface area (Å²) in [5.41, 5.74) is 3.97. The first-order valence-electron chi connectivity index (χ1n) is 7.63. The molecule has 6 heteroatoms. The summed E-state index contributed by atoms with van der Waals surface area (Å²) in [4.78, 5) is 13.3. The number of benzene rings is 1. The topological polar surface area (TPSA) is 62.7 Å². The van der Waals surface area contributed by atoms with Crippen LogP contribution in [0.25, 0.3) is 0 Å². The van der Waals surface area contributed by atoms with Crippen molar-refractivity contribution in [3.8, 4) is 0 Å². The number of aryl methyl sites for hydroxylation is 2. The quantitative estimate of drug-likeness (QED) is 0.673. The van der Waals surface area contributed by atoms with Crippen LogP contribution in [0.5, 0.6) is 0 Å². The van der Waals surface area contributed by atoms with Crippen molar-refractivity contribution in [2.24, 2.45) is 0 Å². The third kappa shape index (κ3) is 4.29. The molecule has 122 valence electrons. The summed E-state index contributed by atoms with van der Waals surface area (Å²) in [5, 5.41) is 6.57. The van der Waals surface area contributed by atoms with Crippen molar-refractivity contribution in [2.45, 2.75) is 20.4 Å². The molecular weight excluding hydrogens is 366 g/mol. The first-order chi connectivity index (χ1) is 11.6. The Morgan fingerprint density at radius 2 is 1.92 bits per heavy atom. The van der Waals surface area contributed by atoms with Crippen LogP contribution in [0.1, 0.15) is 17.0 Å². The number of hydrogen-bond donors (Lipinski definition) is 2. The van der Waals surface area contributed by atoms with E-state index in [1.807, 2.05) is 50.2 Å². The highest BCUT2D eigenvalue weighted by Gasteiger charge is 2.05. The highest BCUT2D eigenvalue weighted by Crippen LogP contribution is 2.23. The molecule has 1 aromatic carbocycles. The Balaban J connectivity index is 1.76. The fourth-order valence-electron chi connectivity index (χ4n) is 2.29. The fourth-order valence-corrected chi connectivity index (χ4v) is 2.76. The SMILES string of the molecule is Cc1cc(NCc2ccccn2)nc(Nc2ccc(Br)cc2C)n1. The van der Waals surface area contributed by atoms with E-state index in [-0.39, 0.29) is 0 Å². The van der Waals surface area contributed by atoms with E-state index in [1.54, 1.807) is 6.20 Å². The number of nitrogens with one attached hydrogen (secondary N) is 2. The van der Waals surface area contributed by atoms with Gasteiger partial charge in [0.1, 0.15) is 5.82 Å². The van der Waals surface area contributed by atoms with E-state index < -0.39 is 0 Å². The van der Waals surface area contributed by atoms with Crippen LogP contribution in [0.4, 0.5) is 17.5 Å². The highest BCUT2D eigenvalue weighted by atomic mass is 79.9. The van der Waals surface area contributed by atoms with Gasteiger partial charge in [-0.1, -0.05) is 22.0 Å². The van der Waals surface area contributed by atoms with Crippen LogP contribution >= 0.6 is 15.9 Å². The molecule has 0 bridgehead atoms. The zero-order chi connectivity index (χ0) is 16.9. The van der Waals surface area contributed by atoms with E-state index >= 15 is 0 Å². The summed E-state index contributed by atoms with van der Waals surface area (Å²) < 4.78 is 1.05. The maximum Gasteiger partial charge on any atom is 0.229 e. The first-order valence-corrected chi connectivity index (χ1v) is 8.42. The Hall–Kier alpha value is -2.47. The van der Waals surface area contributed by atoms with E-state index in [4.69, 9.17) is 0 Å². The molecule has 0 spiro atoms. The maximum atomic E-state index is 4.53. The van der Waals surface area contributed by atoms with Gasteiger partial charge in [0.25, 0.3) is 0 Å². The van der Waals surface area contributed by atoms with Gasteiger partial charge < -0.3 is 10.6 Å². The molecule has 5 nitrogen and oxygen atoms in total. The number of nitrogens with zero attached hydrogens (tertiary/aromatic N) is 3. The summed E-state index contributed by atoms with van der Waals surface area (Å²) in [7, 11) is 0. The number of halogens is 1. The zero-order valence-corrected chi connectivity index (χ0v) is 15.1. The fraction of sp³-hybridized carbons (Fsp3) is 0.167. The molecule has 0 radical (unpaired) electrons. The lowest BCUT2D eigenvalue weighted by Crippen LogP contribution is -2.06. The molecule has 3 rings (SSSR count). The Morgan fingerprint density at radius 3 is 2.67 bits per heavy atom. The second-order valence-corrected chi connectivity index (χ2v) is 6.39. The Morgan fingerprint density at radius 1 is 1.04 bits per heavy atom. The number of anilines is 3. The monoisotopic (exact) mass is 383 g/mol. The molecule has 2 heterocycles. The molecule has 0 unspecified atom stereocenters. The highest BCUT2D eigenvalue weighted by molar-refractivity contribution is 9.10. The number of pyridine rings is 1. The number of hydrogen-bond acceptors (Lipinski definition) is 5. The third-order valence-electron chi connectivity index (χ3n) is 3.47. The molecule has 2 aromatic heterocycles. The average Bonchev–Trinajstić information content (AvgIpc) is 2.56. The van der Waals surface area contributed by atoms with Gasteiger partial charge in [-0.25, -0.2) is 4.98 Å². The van der Waals surface area contributed by atoms with Crippen LogP contribution in [-0.4, -0.2) is 15.0 Å². The molecule has 3 aromatic rings. The van der Waals surface area contributed by atoms with Gasteiger partial charge in [-0.2, -0.15) is 4.98 Å². The maximum absolute atomic E-state index is 4.53. The second-order valence-electron chi connectivity index (χ2n) is 5.48. The van der Waals surface area contributed by atoms with E-state index in [9.17, 15) is 0 Å². The molecule has 0 saturated carbocycles. The lowest BCUT2D eigenvalue weighted by Gasteiger charge is -2.11. The predicted molar refractivity (Wildman–Crippen MR) is 100 cm³/mol. The van der Waals surface area contributed by atoms with Crippen LogP contribution in [-0.2, 0) is 6.54 Å². The van der Waals surface area contributed by atoms with E-state index in [0.717, 1.165) is 32.9 Å². The van der Waals surface area contributed by atoms with Gasteiger partial charge in [0.05, 0.1) is 12.2 Å². The lowest BCUT2D eigenvalue weighted by atomic mass is 10.2. The number of rotatable bonds is 5. The standard InChI is InChI=1S/C18H18BrN5/c1-12-9-14(19)6-7-16(12)23-18-22-13(2)10-17(24-18)21-11-15-5-3-4-8-20-15/h3-10H,11H2,1-2H3,(H2,21,22,23,24). The van der Waals surface area contributed by atoms with Crippen LogP contribution < -0.4 is 10.6 Å². The number of aromatic nitrogens is 3. The Labute approximate surface area is 149 Å². The normalized spacial score (nSPS) is 10.5. The molecule has 24 heavy (non-hydrogen) atoms. The molecule has 0 aliphatic rings. The molecule has 0 amide bonds. The van der Waals surface area contributed by atoms with Crippen LogP contribution in [0.3, 0.4) is 0 Å². The van der Waals surface area contributed by atoms with E-state index in [1.165, 1.54) is 0 Å².